The summed E-state index contributed by atoms with van der Waals surface area (Å²) in [5, 5.41) is 0. The highest BCUT2D eigenvalue weighted by Gasteiger charge is 2.47. The van der Waals surface area contributed by atoms with E-state index < -0.39 is 5.41 Å². The fraction of sp³-hybridized carbons (Fsp3) is 0.0769. The molecule has 0 spiro atoms. The largest absolute Gasteiger partial charge is 0.310 e. The molecule has 10 aromatic carbocycles. The van der Waals surface area contributed by atoms with Crippen LogP contribution >= 0.6 is 0 Å². The van der Waals surface area contributed by atoms with Gasteiger partial charge in [0.1, 0.15) is 0 Å². The minimum absolute atomic E-state index is 0.545. The SMILES string of the molecule is c1ccc(-c2ccc(-c3ccc(N(c4ccc(-c5ccccc5)cc4)c4cc5c(cc4-c4ccc6c(c4)CCCC6)-c4ccccc4C5(c4ccccc4)c4ccccc4)cc3)cc2)cc1. The van der Waals surface area contributed by atoms with Gasteiger partial charge in [0.15, 0.2) is 0 Å². The zero-order valence-corrected chi connectivity index (χ0v) is 36.9. The summed E-state index contributed by atoms with van der Waals surface area (Å²) in [7, 11) is 0. The smallest absolute Gasteiger partial charge is 0.0714 e. The van der Waals surface area contributed by atoms with Gasteiger partial charge in [-0.15, -0.1) is 0 Å². The van der Waals surface area contributed by atoms with Gasteiger partial charge in [0, 0.05) is 16.9 Å². The molecule has 1 nitrogen and oxygen atoms in total. The first kappa shape index (κ1) is 39.6. The Morgan fingerprint density at radius 3 is 1.24 bits per heavy atom. The van der Waals surface area contributed by atoms with Crippen LogP contribution in [-0.4, -0.2) is 0 Å². The second-order valence-electron chi connectivity index (χ2n) is 17.9. The van der Waals surface area contributed by atoms with Crippen molar-refractivity contribution in [2.24, 2.45) is 0 Å². The number of nitrogens with zero attached hydrogens (tertiary/aromatic N) is 1. The first-order chi connectivity index (χ1) is 32.7. The number of hydrogen-bond acceptors (Lipinski definition) is 1. The quantitative estimate of drug-likeness (QED) is 0.140. The summed E-state index contributed by atoms with van der Waals surface area (Å²) in [6, 6.07) is 92.5. The molecule has 0 atom stereocenters. The van der Waals surface area contributed by atoms with Crippen molar-refractivity contribution in [2.75, 3.05) is 4.90 Å². The van der Waals surface area contributed by atoms with Gasteiger partial charge in [-0.25, -0.2) is 0 Å². The summed E-state index contributed by atoms with van der Waals surface area (Å²) in [4.78, 5) is 2.51. The van der Waals surface area contributed by atoms with Crippen molar-refractivity contribution in [3.8, 4) is 55.6 Å². The molecule has 12 rings (SSSR count). The first-order valence-electron chi connectivity index (χ1n) is 23.5. The van der Waals surface area contributed by atoms with Gasteiger partial charge >= 0.3 is 0 Å². The van der Waals surface area contributed by atoms with E-state index in [4.69, 9.17) is 0 Å². The minimum atomic E-state index is -0.545. The molecule has 0 aromatic heterocycles. The molecule has 1 heteroatoms. The van der Waals surface area contributed by atoms with Gasteiger partial charge in [0.2, 0.25) is 0 Å². The van der Waals surface area contributed by atoms with E-state index in [1.165, 1.54) is 102 Å². The fourth-order valence-corrected chi connectivity index (χ4v) is 10.9. The Hall–Kier alpha value is -8.00. The molecule has 2 aliphatic rings. The Bertz CT molecular complexity index is 3260. The van der Waals surface area contributed by atoms with E-state index in [0.717, 1.165) is 29.9 Å². The van der Waals surface area contributed by atoms with Gasteiger partial charge in [0.25, 0.3) is 0 Å². The molecule has 0 N–H and O–H groups in total. The third-order valence-corrected chi connectivity index (χ3v) is 14.2. The number of aryl methyl sites for hydroxylation is 2. The lowest BCUT2D eigenvalue weighted by Gasteiger charge is -2.35. The standard InChI is InChI=1S/C65H49N/c1-5-17-46(18-6-1)49-29-31-50(32-30-49)52-37-41-58(42-38-52)66(57-39-35-51(36-40-57)47-19-7-2-8-20-47)64-45-63-61(44-60(64)54-34-33-48-21-13-14-22-53(48)43-54)59-27-15-16-28-62(59)65(63,55-23-9-3-10-24-55)56-25-11-4-12-26-56/h1-12,15-20,23-45H,13-14,21-22H2. The highest BCUT2D eigenvalue weighted by molar-refractivity contribution is 5.97. The molecule has 0 amide bonds. The molecule has 314 valence electrons. The second-order valence-corrected chi connectivity index (χ2v) is 17.9. The summed E-state index contributed by atoms with van der Waals surface area (Å²) >= 11 is 0. The predicted octanol–water partition coefficient (Wildman–Crippen LogP) is 17.1. The minimum Gasteiger partial charge on any atom is -0.310 e. The Morgan fingerprint density at radius 1 is 0.288 bits per heavy atom. The number of anilines is 3. The molecular formula is C65H49N. The van der Waals surface area contributed by atoms with Gasteiger partial charge in [-0.1, -0.05) is 212 Å². The molecule has 0 saturated heterocycles. The lowest BCUT2D eigenvalue weighted by atomic mass is 9.67. The van der Waals surface area contributed by atoms with E-state index in [1.807, 2.05) is 0 Å². The highest BCUT2D eigenvalue weighted by Crippen LogP contribution is 2.59. The van der Waals surface area contributed by atoms with Crippen LogP contribution in [0.1, 0.15) is 46.2 Å². The molecule has 0 aliphatic heterocycles. The number of rotatable bonds is 9. The molecule has 0 unspecified atom stereocenters. The Kier molecular flexibility index (Phi) is 10.1. The third kappa shape index (κ3) is 6.87. The van der Waals surface area contributed by atoms with E-state index in [2.05, 4.69) is 254 Å². The maximum absolute atomic E-state index is 2.55. The predicted molar refractivity (Wildman–Crippen MR) is 277 cm³/mol. The Labute approximate surface area is 389 Å². The van der Waals surface area contributed by atoms with Gasteiger partial charge in [-0.3, -0.25) is 0 Å². The Morgan fingerprint density at radius 2 is 0.712 bits per heavy atom. The summed E-state index contributed by atoms with van der Waals surface area (Å²) < 4.78 is 0. The average Bonchev–Trinajstić information content (AvgIpc) is 3.70. The summed E-state index contributed by atoms with van der Waals surface area (Å²) in [5.41, 5.74) is 23.2. The van der Waals surface area contributed by atoms with Crippen molar-refractivity contribution in [3.63, 3.8) is 0 Å². The van der Waals surface area contributed by atoms with Crippen LogP contribution in [0.15, 0.2) is 249 Å². The molecule has 10 aromatic rings. The molecule has 0 radical (unpaired) electrons. The summed E-state index contributed by atoms with van der Waals surface area (Å²) in [6.45, 7) is 0. The van der Waals surface area contributed by atoms with Gasteiger partial charge in [-0.2, -0.15) is 0 Å². The molecule has 0 fully saturated rings. The summed E-state index contributed by atoms with van der Waals surface area (Å²) in [5.74, 6) is 0. The lowest BCUT2D eigenvalue weighted by Crippen LogP contribution is -2.28. The van der Waals surface area contributed by atoms with E-state index in [-0.39, 0.29) is 0 Å². The van der Waals surface area contributed by atoms with Crippen molar-refractivity contribution in [2.45, 2.75) is 31.1 Å². The van der Waals surface area contributed by atoms with Crippen LogP contribution in [0.5, 0.6) is 0 Å². The average molecular weight is 844 g/mol. The van der Waals surface area contributed by atoms with E-state index >= 15 is 0 Å². The lowest BCUT2D eigenvalue weighted by molar-refractivity contribution is 0.686. The fourth-order valence-electron chi connectivity index (χ4n) is 10.9. The normalized spacial score (nSPS) is 13.3. The second kappa shape index (κ2) is 16.8. The van der Waals surface area contributed by atoms with Crippen LogP contribution < -0.4 is 4.90 Å². The number of hydrogen-bond donors (Lipinski definition) is 0. The first-order valence-corrected chi connectivity index (χ1v) is 23.5. The number of benzene rings is 10. The van der Waals surface area contributed by atoms with E-state index in [9.17, 15) is 0 Å². The van der Waals surface area contributed by atoms with Gasteiger partial charge < -0.3 is 4.90 Å². The van der Waals surface area contributed by atoms with Crippen molar-refractivity contribution in [1.29, 1.82) is 0 Å². The maximum atomic E-state index is 2.55. The van der Waals surface area contributed by atoms with Crippen LogP contribution in [0.4, 0.5) is 17.1 Å². The third-order valence-electron chi connectivity index (χ3n) is 14.2. The molecule has 0 bridgehead atoms. The zero-order valence-electron chi connectivity index (χ0n) is 36.9. The van der Waals surface area contributed by atoms with Crippen molar-refractivity contribution in [1.82, 2.24) is 0 Å². The highest BCUT2D eigenvalue weighted by atomic mass is 15.1. The van der Waals surface area contributed by atoms with Crippen molar-refractivity contribution in [3.05, 3.63) is 282 Å². The van der Waals surface area contributed by atoms with Gasteiger partial charge in [-0.05, 0) is 146 Å². The summed E-state index contributed by atoms with van der Waals surface area (Å²) in [6.07, 6.45) is 4.76. The molecule has 66 heavy (non-hydrogen) atoms. The van der Waals surface area contributed by atoms with E-state index in [1.54, 1.807) is 0 Å². The Balaban J connectivity index is 1.10. The van der Waals surface area contributed by atoms with Crippen LogP contribution in [0.2, 0.25) is 0 Å². The van der Waals surface area contributed by atoms with Crippen molar-refractivity contribution < 1.29 is 0 Å². The monoisotopic (exact) mass is 843 g/mol. The molecule has 0 saturated carbocycles. The molecular weight excluding hydrogens is 795 g/mol. The molecule has 0 heterocycles. The van der Waals surface area contributed by atoms with Crippen LogP contribution in [-0.2, 0) is 18.3 Å². The van der Waals surface area contributed by atoms with Crippen LogP contribution in [0.3, 0.4) is 0 Å². The topological polar surface area (TPSA) is 3.24 Å². The maximum Gasteiger partial charge on any atom is 0.0714 e. The van der Waals surface area contributed by atoms with E-state index in [0.29, 0.717) is 0 Å². The molecule has 2 aliphatic carbocycles. The van der Waals surface area contributed by atoms with Gasteiger partial charge in [0.05, 0.1) is 11.1 Å². The van der Waals surface area contributed by atoms with Crippen LogP contribution in [0.25, 0.3) is 55.6 Å². The zero-order chi connectivity index (χ0) is 43.9. The number of fused-ring (bicyclic) bond motifs is 4. The van der Waals surface area contributed by atoms with Crippen molar-refractivity contribution >= 4 is 17.1 Å². The van der Waals surface area contributed by atoms with Crippen LogP contribution in [0, 0.1) is 0 Å².